The molecule has 2 aromatic carbocycles. The smallest absolute Gasteiger partial charge is 0.262 e. The molecule has 128 valence electrons. The van der Waals surface area contributed by atoms with Crippen LogP contribution in [0.2, 0.25) is 0 Å². The van der Waals surface area contributed by atoms with Crippen molar-refractivity contribution < 1.29 is 14.3 Å². The van der Waals surface area contributed by atoms with E-state index in [4.69, 9.17) is 9.47 Å². The maximum atomic E-state index is 12.1. The molecule has 0 saturated carbocycles. The molecule has 2 rings (SSSR count). The third-order valence-electron chi connectivity index (χ3n) is 3.28. The van der Waals surface area contributed by atoms with Gasteiger partial charge in [-0.3, -0.25) is 4.79 Å². The van der Waals surface area contributed by atoms with Crippen LogP contribution >= 0.6 is 15.9 Å². The van der Waals surface area contributed by atoms with Crippen LogP contribution in [0.15, 0.2) is 40.9 Å². The maximum absolute atomic E-state index is 12.1. The van der Waals surface area contributed by atoms with Crippen molar-refractivity contribution in [3.8, 4) is 11.5 Å². The van der Waals surface area contributed by atoms with Gasteiger partial charge in [-0.15, -0.1) is 0 Å². The number of anilines is 1. The molecule has 0 aliphatic rings. The monoisotopic (exact) mass is 391 g/mol. The van der Waals surface area contributed by atoms with E-state index >= 15 is 0 Å². The van der Waals surface area contributed by atoms with Gasteiger partial charge in [0.2, 0.25) is 0 Å². The number of halogens is 1. The Kier molecular flexibility index (Phi) is 6.26. The number of amides is 1. The Balaban J connectivity index is 1.92. The minimum absolute atomic E-state index is 0.0342. The van der Waals surface area contributed by atoms with E-state index in [1.165, 1.54) is 0 Å². The molecule has 0 fully saturated rings. The van der Waals surface area contributed by atoms with Gasteiger partial charge in [-0.2, -0.15) is 0 Å². The zero-order valence-corrected chi connectivity index (χ0v) is 15.9. The molecule has 0 bridgehead atoms. The number of aryl methyl sites for hydroxylation is 2. The van der Waals surface area contributed by atoms with Gasteiger partial charge in [-0.05, 0) is 75.2 Å². The lowest BCUT2D eigenvalue weighted by atomic mass is 10.1. The van der Waals surface area contributed by atoms with Gasteiger partial charge in [0.15, 0.2) is 6.61 Å². The van der Waals surface area contributed by atoms with Crippen LogP contribution in [-0.4, -0.2) is 18.6 Å². The van der Waals surface area contributed by atoms with Crippen LogP contribution in [0.3, 0.4) is 0 Å². The standard InChI is InChI=1S/C19H22BrNO3/c1-12(2)24-17-7-5-16(6-8-17)21-18(22)11-23-19-13(3)9-15(20)10-14(19)4/h5-10,12H,11H2,1-4H3,(H,21,22). The maximum Gasteiger partial charge on any atom is 0.262 e. The van der Waals surface area contributed by atoms with Crippen LogP contribution in [0.4, 0.5) is 5.69 Å². The normalized spacial score (nSPS) is 10.6. The summed E-state index contributed by atoms with van der Waals surface area (Å²) in [5, 5.41) is 2.81. The zero-order chi connectivity index (χ0) is 17.7. The lowest BCUT2D eigenvalue weighted by Gasteiger charge is -2.13. The van der Waals surface area contributed by atoms with Crippen LogP contribution < -0.4 is 14.8 Å². The van der Waals surface area contributed by atoms with E-state index in [9.17, 15) is 4.79 Å². The van der Waals surface area contributed by atoms with Crippen molar-refractivity contribution >= 4 is 27.5 Å². The summed E-state index contributed by atoms with van der Waals surface area (Å²) in [5.41, 5.74) is 2.69. The molecule has 2 aromatic rings. The van der Waals surface area contributed by atoms with Gasteiger partial charge in [-0.25, -0.2) is 0 Å². The van der Waals surface area contributed by atoms with E-state index in [1.54, 1.807) is 0 Å². The fraction of sp³-hybridized carbons (Fsp3) is 0.316. The second-order valence-corrected chi connectivity index (χ2v) is 6.81. The van der Waals surface area contributed by atoms with Crippen LogP contribution in [-0.2, 0) is 4.79 Å². The first-order chi connectivity index (χ1) is 11.3. The molecule has 0 unspecified atom stereocenters. The molecule has 0 spiro atoms. The summed E-state index contributed by atoms with van der Waals surface area (Å²) in [6.45, 7) is 7.82. The van der Waals surface area contributed by atoms with Gasteiger partial charge < -0.3 is 14.8 Å². The Morgan fingerprint density at radius 3 is 2.25 bits per heavy atom. The van der Waals surface area contributed by atoms with Crippen LogP contribution in [0.1, 0.15) is 25.0 Å². The largest absolute Gasteiger partial charge is 0.491 e. The number of rotatable bonds is 6. The minimum atomic E-state index is -0.200. The van der Waals surface area contributed by atoms with Crippen LogP contribution in [0.25, 0.3) is 0 Å². The molecular weight excluding hydrogens is 370 g/mol. The fourth-order valence-corrected chi connectivity index (χ4v) is 3.04. The van der Waals surface area contributed by atoms with Crippen molar-refractivity contribution in [2.45, 2.75) is 33.8 Å². The van der Waals surface area contributed by atoms with Gasteiger partial charge in [0.05, 0.1) is 6.10 Å². The summed E-state index contributed by atoms with van der Waals surface area (Å²) in [7, 11) is 0. The summed E-state index contributed by atoms with van der Waals surface area (Å²) in [6.07, 6.45) is 0.122. The van der Waals surface area contributed by atoms with Gasteiger partial charge >= 0.3 is 0 Å². The number of carbonyl (C=O) groups excluding carboxylic acids is 1. The van der Waals surface area contributed by atoms with E-state index in [0.29, 0.717) is 5.69 Å². The topological polar surface area (TPSA) is 47.6 Å². The van der Waals surface area contributed by atoms with Crippen molar-refractivity contribution in [1.82, 2.24) is 0 Å². The number of hydrogen-bond donors (Lipinski definition) is 1. The van der Waals surface area contributed by atoms with Gasteiger partial charge in [-0.1, -0.05) is 15.9 Å². The first-order valence-corrected chi connectivity index (χ1v) is 8.60. The number of hydrogen-bond acceptors (Lipinski definition) is 3. The number of carbonyl (C=O) groups is 1. The average molecular weight is 392 g/mol. The SMILES string of the molecule is Cc1cc(Br)cc(C)c1OCC(=O)Nc1ccc(OC(C)C)cc1. The fourth-order valence-electron chi connectivity index (χ4n) is 2.35. The van der Waals surface area contributed by atoms with E-state index in [2.05, 4.69) is 21.2 Å². The molecule has 1 amide bonds. The van der Waals surface area contributed by atoms with E-state index in [-0.39, 0.29) is 18.6 Å². The van der Waals surface area contributed by atoms with E-state index in [0.717, 1.165) is 27.1 Å². The molecule has 0 heterocycles. The van der Waals surface area contributed by atoms with Crippen molar-refractivity contribution in [2.24, 2.45) is 0 Å². The summed E-state index contributed by atoms with van der Waals surface area (Å²) in [5.74, 6) is 1.32. The predicted octanol–water partition coefficient (Wildman–Crippen LogP) is 4.87. The molecular formula is C19H22BrNO3. The second-order valence-electron chi connectivity index (χ2n) is 5.90. The molecule has 0 aliphatic heterocycles. The first-order valence-electron chi connectivity index (χ1n) is 7.81. The Bertz CT molecular complexity index is 688. The second kappa shape index (κ2) is 8.20. The average Bonchev–Trinajstić information content (AvgIpc) is 2.47. The Morgan fingerprint density at radius 1 is 1.12 bits per heavy atom. The molecule has 0 aliphatic carbocycles. The molecule has 4 nitrogen and oxygen atoms in total. The molecule has 0 saturated heterocycles. The minimum Gasteiger partial charge on any atom is -0.491 e. The summed E-state index contributed by atoms with van der Waals surface area (Å²) < 4.78 is 12.2. The van der Waals surface area contributed by atoms with Crippen LogP contribution in [0, 0.1) is 13.8 Å². The van der Waals surface area contributed by atoms with Gasteiger partial charge in [0.1, 0.15) is 11.5 Å². The van der Waals surface area contributed by atoms with E-state index in [1.807, 2.05) is 64.1 Å². The van der Waals surface area contributed by atoms with Gasteiger partial charge in [0.25, 0.3) is 5.91 Å². The molecule has 0 atom stereocenters. The van der Waals surface area contributed by atoms with Gasteiger partial charge in [0, 0.05) is 10.2 Å². The zero-order valence-electron chi connectivity index (χ0n) is 14.4. The Labute approximate surface area is 151 Å². The van der Waals surface area contributed by atoms with Crippen LogP contribution in [0.5, 0.6) is 11.5 Å². The highest BCUT2D eigenvalue weighted by atomic mass is 79.9. The highest BCUT2D eigenvalue weighted by Gasteiger charge is 2.09. The Morgan fingerprint density at radius 2 is 1.71 bits per heavy atom. The van der Waals surface area contributed by atoms with Crippen molar-refractivity contribution in [3.05, 3.63) is 52.0 Å². The Hall–Kier alpha value is -2.01. The summed E-state index contributed by atoms with van der Waals surface area (Å²) in [6, 6.07) is 11.2. The number of ether oxygens (including phenoxy) is 2. The lowest BCUT2D eigenvalue weighted by Crippen LogP contribution is -2.20. The molecule has 5 heteroatoms. The van der Waals surface area contributed by atoms with Crippen molar-refractivity contribution in [3.63, 3.8) is 0 Å². The predicted molar refractivity (Wildman–Crippen MR) is 99.9 cm³/mol. The molecule has 1 N–H and O–H groups in total. The highest BCUT2D eigenvalue weighted by molar-refractivity contribution is 9.10. The molecule has 0 radical (unpaired) electrons. The molecule has 0 aromatic heterocycles. The lowest BCUT2D eigenvalue weighted by molar-refractivity contribution is -0.118. The third-order valence-corrected chi connectivity index (χ3v) is 3.74. The number of benzene rings is 2. The van der Waals surface area contributed by atoms with E-state index < -0.39 is 0 Å². The summed E-state index contributed by atoms with van der Waals surface area (Å²) >= 11 is 3.45. The summed E-state index contributed by atoms with van der Waals surface area (Å²) in [4.78, 5) is 12.1. The first kappa shape index (κ1) is 18.3. The molecule has 24 heavy (non-hydrogen) atoms. The van der Waals surface area contributed by atoms with Crippen molar-refractivity contribution in [2.75, 3.05) is 11.9 Å². The third kappa shape index (κ3) is 5.27. The highest BCUT2D eigenvalue weighted by Crippen LogP contribution is 2.27. The number of nitrogens with one attached hydrogen (secondary N) is 1. The van der Waals surface area contributed by atoms with Crippen molar-refractivity contribution in [1.29, 1.82) is 0 Å². The quantitative estimate of drug-likeness (QED) is 0.763.